The number of amides is 1. The summed E-state index contributed by atoms with van der Waals surface area (Å²) in [5, 5.41) is 24.0. The maximum Gasteiger partial charge on any atom is 0.288 e. The van der Waals surface area contributed by atoms with Crippen LogP contribution in [0.5, 0.6) is 11.5 Å². The lowest BCUT2D eigenvalue weighted by Crippen LogP contribution is -2.21. The van der Waals surface area contributed by atoms with Gasteiger partial charge in [-0.15, -0.1) is 0 Å². The number of hydrogen-bond acceptors (Lipinski definition) is 4. The first-order chi connectivity index (χ1) is 11.5. The van der Waals surface area contributed by atoms with E-state index in [0.29, 0.717) is 17.0 Å². The Morgan fingerprint density at radius 1 is 1.08 bits per heavy atom. The highest BCUT2D eigenvalue weighted by molar-refractivity contribution is 6.02. The van der Waals surface area contributed by atoms with Crippen molar-refractivity contribution in [1.29, 1.82) is 0 Å². The molecule has 6 nitrogen and oxygen atoms in total. The lowest BCUT2D eigenvalue weighted by Gasteiger charge is -2.05. The van der Waals surface area contributed by atoms with Crippen LogP contribution in [-0.4, -0.2) is 26.4 Å². The van der Waals surface area contributed by atoms with Crippen LogP contribution in [0.3, 0.4) is 0 Å². The van der Waals surface area contributed by atoms with Crippen LogP contribution >= 0.6 is 0 Å². The number of rotatable bonds is 3. The van der Waals surface area contributed by atoms with Gasteiger partial charge in [-0.25, -0.2) is 5.43 Å². The molecular formula is C18H17N3O3. The highest BCUT2D eigenvalue weighted by Crippen LogP contribution is 2.21. The molecule has 0 saturated heterocycles. The third-order valence-corrected chi connectivity index (χ3v) is 3.83. The summed E-state index contributed by atoms with van der Waals surface area (Å²) in [7, 11) is 1.82. The van der Waals surface area contributed by atoms with Crippen molar-refractivity contribution in [2.75, 3.05) is 0 Å². The Labute approximate surface area is 138 Å². The first kappa shape index (κ1) is 15.6. The lowest BCUT2D eigenvalue weighted by molar-refractivity contribution is 0.0947. The minimum absolute atomic E-state index is 0.0699. The smallest absolute Gasteiger partial charge is 0.288 e. The van der Waals surface area contributed by atoms with Gasteiger partial charge in [-0.1, -0.05) is 18.2 Å². The number of phenols is 2. The van der Waals surface area contributed by atoms with E-state index in [1.54, 1.807) is 17.6 Å². The van der Waals surface area contributed by atoms with Gasteiger partial charge in [-0.2, -0.15) is 5.10 Å². The van der Waals surface area contributed by atoms with E-state index in [-0.39, 0.29) is 17.4 Å². The molecule has 24 heavy (non-hydrogen) atoms. The molecule has 0 aliphatic heterocycles. The van der Waals surface area contributed by atoms with Crippen LogP contribution in [-0.2, 0) is 7.05 Å². The van der Waals surface area contributed by atoms with Gasteiger partial charge in [-0.05, 0) is 31.2 Å². The molecule has 6 heteroatoms. The van der Waals surface area contributed by atoms with E-state index in [0.717, 1.165) is 10.9 Å². The van der Waals surface area contributed by atoms with Crippen molar-refractivity contribution in [3.63, 3.8) is 0 Å². The molecule has 0 saturated carbocycles. The van der Waals surface area contributed by atoms with Gasteiger partial charge in [0.2, 0.25) is 0 Å². The van der Waals surface area contributed by atoms with Crippen LogP contribution in [0.15, 0.2) is 53.6 Å². The van der Waals surface area contributed by atoms with Crippen LogP contribution in [0.4, 0.5) is 0 Å². The Balaban J connectivity index is 1.84. The molecule has 3 rings (SSSR count). The van der Waals surface area contributed by atoms with Crippen molar-refractivity contribution in [1.82, 2.24) is 9.99 Å². The summed E-state index contributed by atoms with van der Waals surface area (Å²) in [6.07, 6.45) is 0. The van der Waals surface area contributed by atoms with Gasteiger partial charge in [-0.3, -0.25) is 4.79 Å². The number of fused-ring (bicyclic) bond motifs is 1. The van der Waals surface area contributed by atoms with Gasteiger partial charge >= 0.3 is 0 Å². The van der Waals surface area contributed by atoms with Crippen molar-refractivity contribution >= 4 is 22.5 Å². The SMILES string of the molecule is C/C(=N/NC(=O)c1cc2ccccc2n1C)c1cc(O)cc(O)c1. The zero-order valence-electron chi connectivity index (χ0n) is 13.3. The van der Waals surface area contributed by atoms with Crippen molar-refractivity contribution in [3.05, 3.63) is 59.8 Å². The third kappa shape index (κ3) is 2.94. The third-order valence-electron chi connectivity index (χ3n) is 3.83. The number of aromatic hydroxyl groups is 2. The maximum atomic E-state index is 12.4. The summed E-state index contributed by atoms with van der Waals surface area (Å²) in [6, 6.07) is 13.7. The molecular weight excluding hydrogens is 306 g/mol. The van der Waals surface area contributed by atoms with Gasteiger partial charge in [0, 0.05) is 29.6 Å². The van der Waals surface area contributed by atoms with Crippen LogP contribution in [0.1, 0.15) is 23.0 Å². The summed E-state index contributed by atoms with van der Waals surface area (Å²) in [6.45, 7) is 1.68. The van der Waals surface area contributed by atoms with E-state index < -0.39 is 0 Å². The largest absolute Gasteiger partial charge is 0.508 e. The van der Waals surface area contributed by atoms with Gasteiger partial charge in [0.25, 0.3) is 5.91 Å². The molecule has 3 N–H and O–H groups in total. The molecule has 0 unspecified atom stereocenters. The monoisotopic (exact) mass is 323 g/mol. The average molecular weight is 323 g/mol. The molecule has 3 aromatic rings. The highest BCUT2D eigenvalue weighted by Gasteiger charge is 2.12. The molecule has 0 radical (unpaired) electrons. The van der Waals surface area contributed by atoms with E-state index in [4.69, 9.17) is 0 Å². The quantitative estimate of drug-likeness (QED) is 0.511. The molecule has 0 aliphatic rings. The average Bonchev–Trinajstić information content (AvgIpc) is 2.89. The number of carbonyl (C=O) groups is 1. The molecule has 0 spiro atoms. The molecule has 122 valence electrons. The number of aryl methyl sites for hydroxylation is 1. The van der Waals surface area contributed by atoms with Crippen LogP contribution in [0.2, 0.25) is 0 Å². The fourth-order valence-corrected chi connectivity index (χ4v) is 2.57. The van der Waals surface area contributed by atoms with Crippen molar-refractivity contribution in [2.24, 2.45) is 12.1 Å². The number of phenolic OH excluding ortho intramolecular Hbond substituents is 2. The molecule has 1 heterocycles. The summed E-state index contributed by atoms with van der Waals surface area (Å²) in [5.41, 5.74) is 4.94. The minimum atomic E-state index is -0.336. The fourth-order valence-electron chi connectivity index (χ4n) is 2.57. The van der Waals surface area contributed by atoms with E-state index in [2.05, 4.69) is 10.5 Å². The topological polar surface area (TPSA) is 86.9 Å². The molecule has 1 amide bonds. The number of hydrazone groups is 1. The van der Waals surface area contributed by atoms with Crippen molar-refractivity contribution < 1.29 is 15.0 Å². The summed E-state index contributed by atoms with van der Waals surface area (Å²) >= 11 is 0. The Kier molecular flexibility index (Phi) is 3.95. The summed E-state index contributed by atoms with van der Waals surface area (Å²) in [5.74, 6) is -0.475. The zero-order valence-corrected chi connectivity index (χ0v) is 13.3. The van der Waals surface area contributed by atoms with Crippen molar-refractivity contribution in [3.8, 4) is 11.5 Å². The molecule has 0 bridgehead atoms. The van der Waals surface area contributed by atoms with Crippen LogP contribution in [0, 0.1) is 0 Å². The Morgan fingerprint density at radius 3 is 2.42 bits per heavy atom. The number of nitrogens with zero attached hydrogens (tertiary/aromatic N) is 2. The van der Waals surface area contributed by atoms with E-state index in [1.807, 2.05) is 31.3 Å². The van der Waals surface area contributed by atoms with Gasteiger partial charge in [0.1, 0.15) is 17.2 Å². The molecule has 0 atom stereocenters. The predicted molar refractivity (Wildman–Crippen MR) is 92.4 cm³/mol. The normalized spacial score (nSPS) is 11.7. The maximum absolute atomic E-state index is 12.4. The van der Waals surface area contributed by atoms with Crippen LogP contribution in [0.25, 0.3) is 10.9 Å². The first-order valence-corrected chi connectivity index (χ1v) is 7.38. The first-order valence-electron chi connectivity index (χ1n) is 7.38. The van der Waals surface area contributed by atoms with Gasteiger partial charge in [0.15, 0.2) is 0 Å². The second-order valence-corrected chi connectivity index (χ2v) is 5.52. The number of carbonyl (C=O) groups excluding carboxylic acids is 1. The lowest BCUT2D eigenvalue weighted by atomic mass is 10.1. The second-order valence-electron chi connectivity index (χ2n) is 5.52. The number of para-hydroxylation sites is 1. The van der Waals surface area contributed by atoms with Crippen LogP contribution < -0.4 is 5.43 Å². The van der Waals surface area contributed by atoms with E-state index in [1.165, 1.54) is 18.2 Å². The Bertz CT molecular complexity index is 937. The number of hydrogen-bond donors (Lipinski definition) is 3. The van der Waals surface area contributed by atoms with E-state index in [9.17, 15) is 15.0 Å². The number of benzene rings is 2. The summed E-state index contributed by atoms with van der Waals surface area (Å²) in [4.78, 5) is 12.4. The standard InChI is InChI=1S/C18H17N3O3/c1-11(13-7-14(22)10-15(23)8-13)19-20-18(24)17-9-12-5-3-4-6-16(12)21(17)2/h3-10,22-23H,1-2H3,(H,20,24)/b19-11-. The predicted octanol–water partition coefficient (Wildman–Crippen LogP) is 2.74. The molecule has 2 aromatic carbocycles. The fraction of sp³-hybridized carbons (Fsp3) is 0.111. The van der Waals surface area contributed by atoms with E-state index >= 15 is 0 Å². The molecule has 0 aliphatic carbocycles. The van der Waals surface area contributed by atoms with Crippen molar-refractivity contribution in [2.45, 2.75) is 6.92 Å². The molecule has 0 fully saturated rings. The highest BCUT2D eigenvalue weighted by atomic mass is 16.3. The summed E-state index contributed by atoms with van der Waals surface area (Å²) < 4.78 is 1.80. The minimum Gasteiger partial charge on any atom is -0.508 e. The second kappa shape index (κ2) is 6.08. The van der Waals surface area contributed by atoms with Gasteiger partial charge in [0.05, 0.1) is 5.71 Å². The molecule has 1 aromatic heterocycles. The Hall–Kier alpha value is -3.28. The van der Waals surface area contributed by atoms with Gasteiger partial charge < -0.3 is 14.8 Å². The number of aromatic nitrogens is 1. The zero-order chi connectivity index (χ0) is 17.3. The Morgan fingerprint density at radius 2 is 1.75 bits per heavy atom. The number of nitrogens with one attached hydrogen (secondary N) is 1.